The lowest BCUT2D eigenvalue weighted by Gasteiger charge is -2.11. The lowest BCUT2D eigenvalue weighted by molar-refractivity contribution is -0.123. The van der Waals surface area contributed by atoms with E-state index < -0.39 is 5.91 Å². The fraction of sp³-hybridized carbons (Fsp3) is 0.286. The number of methoxy groups -OCH3 is 1. The van der Waals surface area contributed by atoms with Crippen LogP contribution in [0.4, 0.5) is 5.69 Å². The van der Waals surface area contributed by atoms with Crippen LogP contribution in [-0.2, 0) is 9.59 Å². The van der Waals surface area contributed by atoms with Crippen molar-refractivity contribution in [2.45, 2.75) is 27.2 Å². The van der Waals surface area contributed by atoms with Crippen LogP contribution in [0.3, 0.4) is 0 Å². The molecular formula is C21H25N3O4. The van der Waals surface area contributed by atoms with Gasteiger partial charge in [0.05, 0.1) is 19.2 Å². The van der Waals surface area contributed by atoms with Gasteiger partial charge in [0.1, 0.15) is 11.5 Å². The van der Waals surface area contributed by atoms with E-state index in [2.05, 4.69) is 15.8 Å². The fourth-order valence-corrected chi connectivity index (χ4v) is 2.44. The zero-order valence-corrected chi connectivity index (χ0v) is 16.5. The summed E-state index contributed by atoms with van der Waals surface area (Å²) in [6.45, 7) is 5.33. The molecule has 0 unspecified atom stereocenters. The Kier molecular flexibility index (Phi) is 7.56. The van der Waals surface area contributed by atoms with Gasteiger partial charge >= 0.3 is 0 Å². The summed E-state index contributed by atoms with van der Waals surface area (Å²) in [7, 11) is 1.54. The Morgan fingerprint density at radius 1 is 1.04 bits per heavy atom. The van der Waals surface area contributed by atoms with Gasteiger partial charge in [-0.3, -0.25) is 9.59 Å². The minimum Gasteiger partial charge on any atom is -0.495 e. The van der Waals surface area contributed by atoms with Crippen LogP contribution in [-0.4, -0.2) is 31.2 Å². The summed E-state index contributed by atoms with van der Waals surface area (Å²) in [6, 6.07) is 12.9. The van der Waals surface area contributed by atoms with E-state index in [1.165, 1.54) is 0 Å². The lowest BCUT2D eigenvalue weighted by Crippen LogP contribution is -2.26. The molecule has 0 saturated carbocycles. The molecule has 7 heteroatoms. The zero-order chi connectivity index (χ0) is 20.5. The number of nitrogens with zero attached hydrogens (tertiary/aromatic N) is 1. The van der Waals surface area contributed by atoms with Gasteiger partial charge in [-0.2, -0.15) is 5.10 Å². The van der Waals surface area contributed by atoms with Crippen molar-refractivity contribution in [3.63, 3.8) is 0 Å². The molecule has 2 amide bonds. The number of rotatable bonds is 8. The SMILES string of the molecule is COc1ccc(C)cc1NC(=O)C/C(C)=N/NC(=O)COc1ccccc1C. The second-order valence-electron chi connectivity index (χ2n) is 6.36. The van der Waals surface area contributed by atoms with Crippen LogP contribution < -0.4 is 20.2 Å². The summed E-state index contributed by atoms with van der Waals surface area (Å²) >= 11 is 0. The van der Waals surface area contributed by atoms with Crippen LogP contribution in [0, 0.1) is 13.8 Å². The molecule has 0 aromatic heterocycles. The van der Waals surface area contributed by atoms with Gasteiger partial charge in [0, 0.05) is 5.71 Å². The number of ether oxygens (including phenoxy) is 2. The van der Waals surface area contributed by atoms with Crippen LogP contribution in [0.25, 0.3) is 0 Å². The predicted molar refractivity (Wildman–Crippen MR) is 109 cm³/mol. The summed E-state index contributed by atoms with van der Waals surface area (Å²) in [6.07, 6.45) is 0.0377. The van der Waals surface area contributed by atoms with Crippen LogP contribution in [0.5, 0.6) is 11.5 Å². The predicted octanol–water partition coefficient (Wildman–Crippen LogP) is 3.21. The Morgan fingerprint density at radius 3 is 2.50 bits per heavy atom. The fourth-order valence-electron chi connectivity index (χ4n) is 2.44. The Bertz CT molecular complexity index is 878. The number of nitrogens with one attached hydrogen (secondary N) is 2. The molecule has 0 fully saturated rings. The average Bonchev–Trinajstić information content (AvgIpc) is 2.66. The van der Waals surface area contributed by atoms with E-state index in [0.717, 1.165) is 11.1 Å². The molecule has 0 heterocycles. The highest BCUT2D eigenvalue weighted by Gasteiger charge is 2.10. The van der Waals surface area contributed by atoms with E-state index in [0.29, 0.717) is 22.9 Å². The van der Waals surface area contributed by atoms with Gasteiger partial charge in [0.15, 0.2) is 6.61 Å². The van der Waals surface area contributed by atoms with E-state index in [1.54, 1.807) is 26.2 Å². The molecule has 0 saturated heterocycles. The number of para-hydroxylation sites is 1. The molecule has 0 spiro atoms. The molecule has 2 N–H and O–H groups in total. The number of aryl methyl sites for hydroxylation is 2. The van der Waals surface area contributed by atoms with Crippen molar-refractivity contribution < 1.29 is 19.1 Å². The lowest BCUT2D eigenvalue weighted by atomic mass is 10.2. The minimum absolute atomic E-state index is 0.0377. The summed E-state index contributed by atoms with van der Waals surface area (Å²) in [5.74, 6) is 0.568. The van der Waals surface area contributed by atoms with Gasteiger partial charge < -0.3 is 14.8 Å². The third-order valence-corrected chi connectivity index (χ3v) is 3.87. The smallest absolute Gasteiger partial charge is 0.277 e. The molecule has 0 aliphatic carbocycles. The standard InChI is InChI=1S/C21H25N3O4/c1-14-9-10-19(27-4)17(11-14)22-20(25)12-16(3)23-24-21(26)13-28-18-8-6-5-7-15(18)2/h5-11H,12-13H2,1-4H3,(H,22,25)(H,24,26)/b23-16+. The van der Waals surface area contributed by atoms with Crippen LogP contribution in [0.15, 0.2) is 47.6 Å². The highest BCUT2D eigenvalue weighted by Crippen LogP contribution is 2.25. The normalized spacial score (nSPS) is 10.9. The van der Waals surface area contributed by atoms with Gasteiger partial charge in [0.2, 0.25) is 5.91 Å². The summed E-state index contributed by atoms with van der Waals surface area (Å²) in [4.78, 5) is 24.1. The van der Waals surface area contributed by atoms with Crippen LogP contribution in [0.1, 0.15) is 24.5 Å². The Balaban J connectivity index is 1.83. The van der Waals surface area contributed by atoms with Crippen molar-refractivity contribution in [3.8, 4) is 11.5 Å². The molecule has 0 aliphatic heterocycles. The van der Waals surface area contributed by atoms with Crippen molar-refractivity contribution >= 4 is 23.2 Å². The molecule has 0 aliphatic rings. The summed E-state index contributed by atoms with van der Waals surface area (Å²) < 4.78 is 10.7. The number of anilines is 1. The maximum atomic E-state index is 12.2. The highest BCUT2D eigenvalue weighted by molar-refractivity contribution is 6.06. The Morgan fingerprint density at radius 2 is 1.79 bits per heavy atom. The maximum Gasteiger partial charge on any atom is 0.277 e. The first-order valence-corrected chi connectivity index (χ1v) is 8.84. The Labute approximate surface area is 164 Å². The zero-order valence-electron chi connectivity index (χ0n) is 16.5. The monoisotopic (exact) mass is 383 g/mol. The molecule has 28 heavy (non-hydrogen) atoms. The van der Waals surface area contributed by atoms with Gasteiger partial charge in [-0.1, -0.05) is 24.3 Å². The number of hydrazone groups is 1. The molecule has 2 aromatic rings. The van der Waals surface area contributed by atoms with Crippen molar-refractivity contribution in [3.05, 3.63) is 53.6 Å². The maximum absolute atomic E-state index is 12.2. The van der Waals surface area contributed by atoms with E-state index in [9.17, 15) is 9.59 Å². The number of hydrogen-bond acceptors (Lipinski definition) is 5. The number of carbonyl (C=O) groups is 2. The number of carbonyl (C=O) groups excluding carboxylic acids is 2. The Hall–Kier alpha value is -3.35. The first-order chi connectivity index (χ1) is 13.4. The largest absolute Gasteiger partial charge is 0.495 e. The van der Waals surface area contributed by atoms with Gasteiger partial charge in [-0.25, -0.2) is 5.43 Å². The molecule has 148 valence electrons. The molecule has 2 rings (SSSR count). The van der Waals surface area contributed by atoms with E-state index >= 15 is 0 Å². The first-order valence-electron chi connectivity index (χ1n) is 8.84. The van der Waals surface area contributed by atoms with E-state index in [-0.39, 0.29) is 18.9 Å². The number of benzene rings is 2. The number of hydrogen-bond donors (Lipinski definition) is 2. The third kappa shape index (κ3) is 6.42. The molecule has 0 radical (unpaired) electrons. The summed E-state index contributed by atoms with van der Waals surface area (Å²) in [5, 5.41) is 6.74. The third-order valence-electron chi connectivity index (χ3n) is 3.87. The van der Waals surface area contributed by atoms with Crippen LogP contribution >= 0.6 is 0 Å². The average molecular weight is 383 g/mol. The summed E-state index contributed by atoms with van der Waals surface area (Å²) in [5.41, 5.74) is 5.40. The second-order valence-corrected chi connectivity index (χ2v) is 6.36. The molecule has 0 bridgehead atoms. The van der Waals surface area contributed by atoms with Crippen molar-refractivity contribution in [2.24, 2.45) is 5.10 Å². The molecular weight excluding hydrogens is 358 g/mol. The molecule has 7 nitrogen and oxygen atoms in total. The van der Waals surface area contributed by atoms with Crippen LogP contribution in [0.2, 0.25) is 0 Å². The van der Waals surface area contributed by atoms with Crippen molar-refractivity contribution in [2.75, 3.05) is 19.0 Å². The molecule has 2 aromatic carbocycles. The second kappa shape index (κ2) is 10.1. The van der Waals surface area contributed by atoms with E-state index in [4.69, 9.17) is 9.47 Å². The minimum atomic E-state index is -0.400. The number of amides is 2. The molecule has 0 atom stereocenters. The van der Waals surface area contributed by atoms with Crippen molar-refractivity contribution in [1.29, 1.82) is 0 Å². The highest BCUT2D eigenvalue weighted by atomic mass is 16.5. The first kappa shape index (κ1) is 21.0. The quantitative estimate of drug-likeness (QED) is 0.541. The van der Waals surface area contributed by atoms with Crippen molar-refractivity contribution in [1.82, 2.24) is 5.43 Å². The van der Waals surface area contributed by atoms with Gasteiger partial charge in [0.25, 0.3) is 5.91 Å². The van der Waals surface area contributed by atoms with Gasteiger partial charge in [-0.15, -0.1) is 0 Å². The topological polar surface area (TPSA) is 89.0 Å². The van der Waals surface area contributed by atoms with E-state index in [1.807, 2.05) is 44.2 Å². The van der Waals surface area contributed by atoms with Gasteiger partial charge in [-0.05, 0) is 50.1 Å².